The number of esters is 1. The summed E-state index contributed by atoms with van der Waals surface area (Å²) in [6, 6.07) is 8.34. The smallest absolute Gasteiger partial charge is 0.373 e. The van der Waals surface area contributed by atoms with Crippen LogP contribution < -0.4 is 20.1 Å². The fourth-order valence-electron chi connectivity index (χ4n) is 2.36. The molecule has 1 fully saturated rings. The zero-order chi connectivity index (χ0) is 19.4. The Balaban J connectivity index is 1.72. The lowest BCUT2D eigenvalue weighted by Crippen LogP contribution is -2.21. The number of methoxy groups -OCH3 is 2. The Kier molecular flexibility index (Phi) is 5.41. The molecule has 1 saturated heterocycles. The summed E-state index contributed by atoms with van der Waals surface area (Å²) in [5.74, 6) is 0.674. The number of nitrogens with one attached hydrogen (secondary N) is 2. The Morgan fingerprint density at radius 1 is 1.19 bits per heavy atom. The highest BCUT2D eigenvalue weighted by Crippen LogP contribution is 2.30. The fourth-order valence-corrected chi connectivity index (χ4v) is 2.56. The van der Waals surface area contributed by atoms with Crippen molar-refractivity contribution in [3.05, 3.63) is 53.1 Å². The van der Waals surface area contributed by atoms with Crippen molar-refractivity contribution in [2.24, 2.45) is 0 Å². The summed E-state index contributed by atoms with van der Waals surface area (Å²) in [4.78, 5) is 23.1. The number of furan rings is 1. The van der Waals surface area contributed by atoms with Crippen LogP contribution in [0.4, 0.5) is 0 Å². The van der Waals surface area contributed by atoms with Gasteiger partial charge in [0.05, 0.1) is 14.2 Å². The first-order valence-corrected chi connectivity index (χ1v) is 8.23. The predicted molar refractivity (Wildman–Crippen MR) is 99.2 cm³/mol. The zero-order valence-electron chi connectivity index (χ0n) is 14.5. The van der Waals surface area contributed by atoms with Gasteiger partial charge < -0.3 is 23.9 Å². The van der Waals surface area contributed by atoms with Crippen LogP contribution >= 0.6 is 12.2 Å². The van der Waals surface area contributed by atoms with Gasteiger partial charge in [-0.3, -0.25) is 10.1 Å². The predicted octanol–water partition coefficient (Wildman–Crippen LogP) is 2.00. The highest BCUT2D eigenvalue weighted by molar-refractivity contribution is 7.80. The monoisotopic (exact) mass is 388 g/mol. The van der Waals surface area contributed by atoms with Gasteiger partial charge in [0.15, 0.2) is 16.6 Å². The molecular formula is C18H16N2O6S. The first-order valence-electron chi connectivity index (χ1n) is 7.82. The maximum atomic E-state index is 11.7. The fraction of sp³-hybridized carbons (Fsp3) is 0.167. The molecule has 1 aliphatic rings. The molecule has 0 saturated carbocycles. The minimum absolute atomic E-state index is 0.102. The lowest BCUT2D eigenvalue weighted by atomic mass is 10.1. The molecular weight excluding hydrogens is 372 g/mol. The molecule has 3 rings (SSSR count). The standard InChI is InChI=1S/C18H16N2O6S/c1-23-15-8-10(7-12-16(21)20-18(27)19-12)3-5-13(15)25-9-11-4-6-14(26-11)17(22)24-2/h3-8H,9H2,1-2H3,(H2,19,20,21,27)/b12-7-. The van der Waals surface area contributed by atoms with E-state index < -0.39 is 5.97 Å². The van der Waals surface area contributed by atoms with E-state index in [1.165, 1.54) is 20.3 Å². The van der Waals surface area contributed by atoms with Gasteiger partial charge in [0.1, 0.15) is 18.1 Å². The number of carbonyl (C=O) groups excluding carboxylic acids is 2. The highest BCUT2D eigenvalue weighted by atomic mass is 32.1. The summed E-state index contributed by atoms with van der Waals surface area (Å²) in [5.41, 5.74) is 1.08. The molecule has 140 valence electrons. The van der Waals surface area contributed by atoms with E-state index in [2.05, 4.69) is 15.4 Å². The van der Waals surface area contributed by atoms with E-state index in [9.17, 15) is 9.59 Å². The molecule has 0 spiro atoms. The summed E-state index contributed by atoms with van der Waals surface area (Å²) in [5, 5.41) is 5.54. The summed E-state index contributed by atoms with van der Waals surface area (Å²) < 4.78 is 21.0. The van der Waals surface area contributed by atoms with Crippen LogP contribution in [0.3, 0.4) is 0 Å². The molecule has 0 atom stereocenters. The lowest BCUT2D eigenvalue weighted by Gasteiger charge is -2.10. The SMILES string of the molecule is COC(=O)c1ccc(COc2ccc(/C=C3\NC(=S)NC3=O)cc2OC)o1. The molecule has 0 unspecified atom stereocenters. The van der Waals surface area contributed by atoms with Crippen LogP contribution in [-0.4, -0.2) is 31.2 Å². The Bertz CT molecular complexity index is 934. The van der Waals surface area contributed by atoms with Gasteiger partial charge in [0, 0.05) is 0 Å². The molecule has 27 heavy (non-hydrogen) atoms. The number of amides is 1. The van der Waals surface area contributed by atoms with Crippen molar-refractivity contribution in [3.8, 4) is 11.5 Å². The Labute approximate surface area is 160 Å². The molecule has 1 aromatic heterocycles. The van der Waals surface area contributed by atoms with Gasteiger partial charge >= 0.3 is 5.97 Å². The minimum atomic E-state index is -0.555. The maximum absolute atomic E-state index is 11.7. The second kappa shape index (κ2) is 7.92. The van der Waals surface area contributed by atoms with Crippen LogP contribution in [-0.2, 0) is 16.1 Å². The van der Waals surface area contributed by atoms with Gasteiger partial charge in [0.2, 0.25) is 5.76 Å². The van der Waals surface area contributed by atoms with Crippen molar-refractivity contribution >= 4 is 35.3 Å². The van der Waals surface area contributed by atoms with E-state index in [-0.39, 0.29) is 23.4 Å². The third-order valence-electron chi connectivity index (χ3n) is 3.64. The first-order chi connectivity index (χ1) is 13.0. The number of thiocarbonyl (C=S) groups is 1. The molecule has 0 aliphatic carbocycles. The molecule has 2 aromatic rings. The maximum Gasteiger partial charge on any atom is 0.373 e. The van der Waals surface area contributed by atoms with Crippen LogP contribution in [0, 0.1) is 0 Å². The molecule has 1 amide bonds. The van der Waals surface area contributed by atoms with Crippen molar-refractivity contribution in [1.29, 1.82) is 0 Å². The quantitative estimate of drug-likeness (QED) is 0.440. The van der Waals surface area contributed by atoms with E-state index in [1.807, 2.05) is 0 Å². The number of rotatable bonds is 6. The zero-order valence-corrected chi connectivity index (χ0v) is 15.3. The molecule has 1 aromatic carbocycles. The Morgan fingerprint density at radius 3 is 2.67 bits per heavy atom. The summed E-state index contributed by atoms with van der Waals surface area (Å²) in [6.45, 7) is 0.103. The number of ether oxygens (including phenoxy) is 3. The van der Waals surface area contributed by atoms with Gasteiger partial charge in [0.25, 0.3) is 5.91 Å². The number of carbonyl (C=O) groups is 2. The molecule has 0 radical (unpaired) electrons. The second-order valence-corrected chi connectivity index (χ2v) is 5.83. The van der Waals surface area contributed by atoms with Gasteiger partial charge in [-0.2, -0.15) is 0 Å². The van der Waals surface area contributed by atoms with Crippen molar-refractivity contribution in [2.45, 2.75) is 6.61 Å². The molecule has 2 heterocycles. The highest BCUT2D eigenvalue weighted by Gasteiger charge is 2.20. The Hall–Kier alpha value is -3.33. The van der Waals surface area contributed by atoms with E-state index in [1.54, 1.807) is 30.3 Å². The average Bonchev–Trinajstić information content (AvgIpc) is 3.26. The summed E-state index contributed by atoms with van der Waals surface area (Å²) in [7, 11) is 2.79. The molecule has 1 aliphatic heterocycles. The van der Waals surface area contributed by atoms with Gasteiger partial charge in [-0.15, -0.1) is 0 Å². The molecule has 0 bridgehead atoms. The minimum Gasteiger partial charge on any atom is -0.493 e. The topological polar surface area (TPSA) is 99.0 Å². The van der Waals surface area contributed by atoms with Crippen LogP contribution in [0.2, 0.25) is 0 Å². The van der Waals surface area contributed by atoms with Crippen molar-refractivity contribution < 1.29 is 28.2 Å². The Morgan fingerprint density at radius 2 is 2.00 bits per heavy atom. The van der Waals surface area contributed by atoms with E-state index in [0.29, 0.717) is 23.0 Å². The van der Waals surface area contributed by atoms with Crippen molar-refractivity contribution in [3.63, 3.8) is 0 Å². The van der Waals surface area contributed by atoms with Crippen LogP contribution in [0.5, 0.6) is 11.5 Å². The number of benzene rings is 1. The third-order valence-corrected chi connectivity index (χ3v) is 3.84. The van der Waals surface area contributed by atoms with E-state index in [0.717, 1.165) is 5.56 Å². The van der Waals surface area contributed by atoms with Crippen molar-refractivity contribution in [1.82, 2.24) is 10.6 Å². The van der Waals surface area contributed by atoms with Gasteiger partial charge in [-0.1, -0.05) is 6.07 Å². The molecule has 8 nitrogen and oxygen atoms in total. The lowest BCUT2D eigenvalue weighted by molar-refractivity contribution is -0.115. The molecule has 2 N–H and O–H groups in total. The molecule has 9 heteroatoms. The summed E-state index contributed by atoms with van der Waals surface area (Å²) in [6.07, 6.45) is 1.65. The largest absolute Gasteiger partial charge is 0.493 e. The first kappa shape index (κ1) is 18.5. The normalized spacial score (nSPS) is 14.7. The van der Waals surface area contributed by atoms with Crippen LogP contribution in [0.1, 0.15) is 21.9 Å². The average molecular weight is 388 g/mol. The van der Waals surface area contributed by atoms with Gasteiger partial charge in [-0.25, -0.2) is 4.79 Å². The van der Waals surface area contributed by atoms with Crippen LogP contribution in [0.15, 0.2) is 40.4 Å². The number of hydrogen-bond acceptors (Lipinski definition) is 7. The second-order valence-electron chi connectivity index (χ2n) is 5.42. The third kappa shape index (κ3) is 4.26. The van der Waals surface area contributed by atoms with E-state index >= 15 is 0 Å². The van der Waals surface area contributed by atoms with Crippen molar-refractivity contribution in [2.75, 3.05) is 14.2 Å². The number of hydrogen-bond donors (Lipinski definition) is 2. The van der Waals surface area contributed by atoms with Gasteiger partial charge in [-0.05, 0) is 48.1 Å². The van der Waals surface area contributed by atoms with Crippen LogP contribution in [0.25, 0.3) is 6.08 Å². The van der Waals surface area contributed by atoms with E-state index in [4.69, 9.17) is 26.1 Å². The summed E-state index contributed by atoms with van der Waals surface area (Å²) >= 11 is 4.90.